The third-order valence-corrected chi connectivity index (χ3v) is 4.24. The first-order valence-corrected chi connectivity index (χ1v) is 7.86. The van der Waals surface area contributed by atoms with Crippen LogP contribution in [0.15, 0.2) is 46.4 Å². The molecule has 23 heavy (non-hydrogen) atoms. The molecular weight excluding hydrogens is 314 g/mol. The Kier molecular flexibility index (Phi) is 4.43. The molecule has 0 saturated heterocycles. The van der Waals surface area contributed by atoms with Crippen LogP contribution < -0.4 is 4.74 Å². The van der Waals surface area contributed by atoms with E-state index in [0.717, 1.165) is 16.3 Å². The van der Waals surface area contributed by atoms with Gasteiger partial charge in [0.1, 0.15) is 28.7 Å². The van der Waals surface area contributed by atoms with Crippen LogP contribution in [0.5, 0.6) is 5.75 Å². The largest absolute Gasteiger partial charge is 0.496 e. The van der Waals surface area contributed by atoms with E-state index in [2.05, 4.69) is 4.98 Å². The molecule has 0 aliphatic heterocycles. The number of rotatable bonds is 5. The standard InChI is InChI=1S/C17H15NO4S/c1-11-13(7-8-21-11)17(19)22-9-12-10-23-16(18-12)14-5-3-4-6-15(14)20-2/h3-8,10H,9H2,1-2H3. The molecule has 0 amide bonds. The van der Waals surface area contributed by atoms with Crippen LogP contribution in [-0.4, -0.2) is 18.1 Å². The number of nitrogens with zero attached hydrogens (tertiary/aromatic N) is 1. The molecule has 0 bridgehead atoms. The van der Waals surface area contributed by atoms with Crippen molar-refractivity contribution in [3.8, 4) is 16.3 Å². The van der Waals surface area contributed by atoms with E-state index in [9.17, 15) is 4.79 Å². The molecule has 0 radical (unpaired) electrons. The summed E-state index contributed by atoms with van der Waals surface area (Å²) in [4.78, 5) is 16.5. The molecule has 3 aromatic rings. The summed E-state index contributed by atoms with van der Waals surface area (Å²) >= 11 is 1.48. The van der Waals surface area contributed by atoms with Gasteiger partial charge in [0.25, 0.3) is 0 Å². The number of carbonyl (C=O) groups is 1. The smallest absolute Gasteiger partial charge is 0.342 e. The van der Waals surface area contributed by atoms with Crippen LogP contribution in [0.2, 0.25) is 0 Å². The Morgan fingerprint density at radius 3 is 2.87 bits per heavy atom. The van der Waals surface area contributed by atoms with Crippen molar-refractivity contribution < 1.29 is 18.7 Å². The summed E-state index contributed by atoms with van der Waals surface area (Å²) in [6.07, 6.45) is 1.47. The van der Waals surface area contributed by atoms with Gasteiger partial charge in [0.2, 0.25) is 0 Å². The number of hydrogen-bond donors (Lipinski definition) is 0. The van der Waals surface area contributed by atoms with Crippen molar-refractivity contribution in [2.45, 2.75) is 13.5 Å². The third kappa shape index (κ3) is 3.27. The van der Waals surface area contributed by atoms with E-state index in [0.29, 0.717) is 17.0 Å². The summed E-state index contributed by atoms with van der Waals surface area (Å²) in [5.74, 6) is 0.894. The highest BCUT2D eigenvalue weighted by Crippen LogP contribution is 2.32. The van der Waals surface area contributed by atoms with Gasteiger partial charge in [-0.2, -0.15) is 0 Å². The lowest BCUT2D eigenvalue weighted by atomic mass is 10.2. The minimum Gasteiger partial charge on any atom is -0.496 e. The Morgan fingerprint density at radius 1 is 1.30 bits per heavy atom. The number of thiazole rings is 1. The Balaban J connectivity index is 1.70. The lowest BCUT2D eigenvalue weighted by Crippen LogP contribution is -2.05. The third-order valence-electron chi connectivity index (χ3n) is 3.32. The molecule has 0 fully saturated rings. The molecule has 0 N–H and O–H groups in total. The van der Waals surface area contributed by atoms with Crippen molar-refractivity contribution in [1.82, 2.24) is 4.98 Å². The predicted octanol–water partition coefficient (Wildman–Crippen LogP) is 4.08. The number of furan rings is 1. The SMILES string of the molecule is COc1ccccc1-c1nc(COC(=O)c2ccoc2C)cs1. The maximum absolute atomic E-state index is 12.0. The maximum Gasteiger partial charge on any atom is 0.342 e. The van der Waals surface area contributed by atoms with Crippen LogP contribution in [0.3, 0.4) is 0 Å². The number of esters is 1. The molecule has 0 spiro atoms. The van der Waals surface area contributed by atoms with E-state index in [1.807, 2.05) is 29.6 Å². The van der Waals surface area contributed by atoms with Crippen LogP contribution in [0.25, 0.3) is 10.6 Å². The minimum atomic E-state index is -0.414. The van der Waals surface area contributed by atoms with Gasteiger partial charge in [0.05, 0.1) is 24.6 Å². The molecule has 118 valence electrons. The van der Waals surface area contributed by atoms with Crippen molar-refractivity contribution >= 4 is 17.3 Å². The lowest BCUT2D eigenvalue weighted by Gasteiger charge is -2.04. The second kappa shape index (κ2) is 6.66. The number of aryl methyl sites for hydroxylation is 1. The topological polar surface area (TPSA) is 61.6 Å². The normalized spacial score (nSPS) is 10.5. The van der Waals surface area contributed by atoms with Gasteiger partial charge in [-0.25, -0.2) is 9.78 Å². The molecule has 0 aliphatic carbocycles. The fourth-order valence-corrected chi connectivity index (χ4v) is 2.97. The number of carbonyl (C=O) groups excluding carboxylic acids is 1. The zero-order chi connectivity index (χ0) is 16.2. The highest BCUT2D eigenvalue weighted by Gasteiger charge is 2.15. The molecule has 2 aromatic heterocycles. The molecule has 1 aromatic carbocycles. The summed E-state index contributed by atoms with van der Waals surface area (Å²) in [6, 6.07) is 9.27. The molecule has 2 heterocycles. The first-order valence-electron chi connectivity index (χ1n) is 6.98. The van der Waals surface area contributed by atoms with Gasteiger partial charge >= 0.3 is 5.97 Å². The summed E-state index contributed by atoms with van der Waals surface area (Å²) in [5.41, 5.74) is 2.05. The Labute approximate surface area is 137 Å². The molecular formula is C17H15NO4S. The van der Waals surface area contributed by atoms with Crippen molar-refractivity contribution in [1.29, 1.82) is 0 Å². The maximum atomic E-state index is 12.0. The van der Waals surface area contributed by atoms with Crippen LogP contribution in [0, 0.1) is 6.92 Å². The Bertz CT molecular complexity index is 821. The zero-order valence-corrected chi connectivity index (χ0v) is 13.6. The van der Waals surface area contributed by atoms with Crippen LogP contribution in [0.1, 0.15) is 21.8 Å². The van der Waals surface area contributed by atoms with Crippen molar-refractivity contribution in [3.63, 3.8) is 0 Å². The van der Waals surface area contributed by atoms with Crippen molar-refractivity contribution in [2.75, 3.05) is 7.11 Å². The molecule has 6 heteroatoms. The highest BCUT2D eigenvalue weighted by atomic mass is 32.1. The second-order valence-corrected chi connectivity index (χ2v) is 5.67. The molecule has 0 aliphatic rings. The van der Waals surface area contributed by atoms with Crippen molar-refractivity contribution in [2.24, 2.45) is 0 Å². The van der Waals surface area contributed by atoms with Gasteiger partial charge in [-0.3, -0.25) is 0 Å². The monoisotopic (exact) mass is 329 g/mol. The van der Waals surface area contributed by atoms with E-state index in [-0.39, 0.29) is 6.61 Å². The number of methoxy groups -OCH3 is 1. The fourth-order valence-electron chi connectivity index (χ4n) is 2.13. The minimum absolute atomic E-state index is 0.120. The van der Waals surface area contributed by atoms with Gasteiger partial charge in [0.15, 0.2) is 0 Å². The van der Waals surface area contributed by atoms with Gasteiger partial charge in [0, 0.05) is 5.38 Å². The van der Waals surface area contributed by atoms with Crippen LogP contribution >= 0.6 is 11.3 Å². The zero-order valence-electron chi connectivity index (χ0n) is 12.7. The molecule has 0 unspecified atom stereocenters. The van der Waals surface area contributed by atoms with Gasteiger partial charge in [-0.1, -0.05) is 12.1 Å². The van der Waals surface area contributed by atoms with Crippen molar-refractivity contribution in [3.05, 3.63) is 59.0 Å². The summed E-state index contributed by atoms with van der Waals surface area (Å²) in [6.45, 7) is 1.84. The summed E-state index contributed by atoms with van der Waals surface area (Å²) < 4.78 is 15.7. The van der Waals surface area contributed by atoms with Crippen LogP contribution in [-0.2, 0) is 11.3 Å². The van der Waals surface area contributed by atoms with Crippen LogP contribution in [0.4, 0.5) is 0 Å². The fraction of sp³-hybridized carbons (Fsp3) is 0.176. The number of benzene rings is 1. The number of para-hydroxylation sites is 1. The first kappa shape index (κ1) is 15.3. The number of aromatic nitrogens is 1. The van der Waals surface area contributed by atoms with E-state index in [1.54, 1.807) is 20.1 Å². The molecule has 3 rings (SSSR count). The number of hydrogen-bond acceptors (Lipinski definition) is 6. The lowest BCUT2D eigenvalue weighted by molar-refractivity contribution is 0.0466. The average Bonchev–Trinajstić information content (AvgIpc) is 3.21. The van der Waals surface area contributed by atoms with Gasteiger partial charge in [-0.05, 0) is 25.1 Å². The van der Waals surface area contributed by atoms with E-state index >= 15 is 0 Å². The second-order valence-electron chi connectivity index (χ2n) is 4.81. The van der Waals surface area contributed by atoms with E-state index in [4.69, 9.17) is 13.9 Å². The van der Waals surface area contributed by atoms with Gasteiger partial charge < -0.3 is 13.9 Å². The molecule has 0 saturated carbocycles. The van der Waals surface area contributed by atoms with E-state index < -0.39 is 5.97 Å². The van der Waals surface area contributed by atoms with E-state index in [1.165, 1.54) is 17.6 Å². The number of ether oxygens (including phenoxy) is 2. The summed E-state index contributed by atoms with van der Waals surface area (Å²) in [5, 5.41) is 2.70. The quantitative estimate of drug-likeness (QED) is 0.660. The molecule has 0 atom stereocenters. The van der Waals surface area contributed by atoms with Gasteiger partial charge in [-0.15, -0.1) is 11.3 Å². The molecule has 5 nitrogen and oxygen atoms in total. The average molecular weight is 329 g/mol. The Hall–Kier alpha value is -2.60. The highest BCUT2D eigenvalue weighted by molar-refractivity contribution is 7.13. The summed E-state index contributed by atoms with van der Waals surface area (Å²) in [7, 11) is 1.63. The predicted molar refractivity (Wildman–Crippen MR) is 86.7 cm³/mol. The Morgan fingerprint density at radius 2 is 2.13 bits per heavy atom. The first-order chi connectivity index (χ1) is 11.2.